The van der Waals surface area contributed by atoms with E-state index in [1.807, 2.05) is 61.5 Å². The number of halogens is 1. The molecule has 154 valence electrons. The maximum Gasteiger partial charge on any atom is 0.152 e. The van der Waals surface area contributed by atoms with Gasteiger partial charge in [-0.3, -0.25) is 15.2 Å². The average molecular weight is 447 g/mol. The van der Waals surface area contributed by atoms with E-state index in [-0.39, 0.29) is 0 Å². The molecule has 5 rings (SSSR count). The highest BCUT2D eigenvalue weighted by Crippen LogP contribution is 2.30. The van der Waals surface area contributed by atoms with Gasteiger partial charge < -0.3 is 5.32 Å². The molecule has 0 aliphatic rings. The number of hydrogen-bond donors (Lipinski definition) is 3. The summed E-state index contributed by atoms with van der Waals surface area (Å²) < 4.78 is 0. The van der Waals surface area contributed by atoms with Crippen molar-refractivity contribution in [1.82, 2.24) is 25.4 Å². The third-order valence-electron chi connectivity index (χ3n) is 4.79. The summed E-state index contributed by atoms with van der Waals surface area (Å²) in [6.07, 6.45) is 0. The predicted octanol–water partition coefficient (Wildman–Crippen LogP) is 6.35. The summed E-state index contributed by atoms with van der Waals surface area (Å²) in [5.41, 5.74) is 5.58. The van der Waals surface area contributed by atoms with Crippen LogP contribution in [0.2, 0.25) is 5.02 Å². The van der Waals surface area contributed by atoms with Crippen molar-refractivity contribution in [3.63, 3.8) is 0 Å². The number of thioether (sulfide) groups is 1. The van der Waals surface area contributed by atoms with Crippen LogP contribution in [0.5, 0.6) is 0 Å². The van der Waals surface area contributed by atoms with Crippen LogP contribution < -0.4 is 5.32 Å². The molecule has 3 aromatic heterocycles. The van der Waals surface area contributed by atoms with Crippen molar-refractivity contribution in [1.29, 1.82) is 0 Å². The van der Waals surface area contributed by atoms with Crippen LogP contribution in [-0.4, -0.2) is 25.4 Å². The monoisotopic (exact) mass is 446 g/mol. The molecule has 0 aliphatic heterocycles. The van der Waals surface area contributed by atoms with Gasteiger partial charge in [-0.05, 0) is 49.4 Å². The van der Waals surface area contributed by atoms with E-state index < -0.39 is 0 Å². The Morgan fingerprint density at radius 2 is 1.81 bits per heavy atom. The van der Waals surface area contributed by atoms with Crippen molar-refractivity contribution >= 4 is 45.8 Å². The van der Waals surface area contributed by atoms with Gasteiger partial charge in [-0.15, -0.1) is 11.8 Å². The molecule has 6 nitrogen and oxygen atoms in total. The Kier molecular flexibility index (Phi) is 5.36. The molecule has 0 unspecified atom stereocenters. The van der Waals surface area contributed by atoms with E-state index in [0.29, 0.717) is 0 Å². The van der Waals surface area contributed by atoms with Gasteiger partial charge in [0, 0.05) is 32.8 Å². The van der Waals surface area contributed by atoms with Crippen molar-refractivity contribution in [2.75, 3.05) is 5.32 Å². The van der Waals surface area contributed by atoms with Crippen LogP contribution in [-0.2, 0) is 5.75 Å². The molecule has 0 spiro atoms. The molecule has 0 aliphatic carbocycles. The quantitative estimate of drug-likeness (QED) is 0.265. The van der Waals surface area contributed by atoms with E-state index in [4.69, 9.17) is 16.6 Å². The number of aromatic nitrogens is 5. The lowest BCUT2D eigenvalue weighted by Crippen LogP contribution is -1.96. The van der Waals surface area contributed by atoms with Crippen LogP contribution in [0, 0.1) is 6.92 Å². The molecule has 3 heterocycles. The Morgan fingerprint density at radius 1 is 0.968 bits per heavy atom. The first kappa shape index (κ1) is 19.7. The van der Waals surface area contributed by atoms with Crippen LogP contribution in [0.25, 0.3) is 22.3 Å². The number of nitrogens with one attached hydrogen (secondary N) is 3. The summed E-state index contributed by atoms with van der Waals surface area (Å²) in [6.45, 7) is 1.97. The highest BCUT2D eigenvalue weighted by molar-refractivity contribution is 7.98. The molecular formula is C23H19ClN6S. The molecule has 0 bridgehead atoms. The molecule has 0 radical (unpaired) electrons. The third kappa shape index (κ3) is 4.42. The molecule has 0 saturated carbocycles. The van der Waals surface area contributed by atoms with Gasteiger partial charge in [0.1, 0.15) is 5.69 Å². The van der Waals surface area contributed by atoms with Gasteiger partial charge in [0.15, 0.2) is 5.82 Å². The highest BCUT2D eigenvalue weighted by atomic mass is 35.5. The van der Waals surface area contributed by atoms with Crippen molar-refractivity contribution in [2.24, 2.45) is 0 Å². The average Bonchev–Trinajstić information content (AvgIpc) is 3.42. The van der Waals surface area contributed by atoms with E-state index in [9.17, 15) is 0 Å². The van der Waals surface area contributed by atoms with Gasteiger partial charge in [0.2, 0.25) is 0 Å². The van der Waals surface area contributed by atoms with E-state index in [1.54, 1.807) is 11.8 Å². The lowest BCUT2D eigenvalue weighted by Gasteiger charge is -2.10. The topological polar surface area (TPSA) is 82.3 Å². The zero-order valence-electron chi connectivity index (χ0n) is 16.7. The Hall–Kier alpha value is -3.29. The van der Waals surface area contributed by atoms with Crippen molar-refractivity contribution < 1.29 is 0 Å². The summed E-state index contributed by atoms with van der Waals surface area (Å²) in [4.78, 5) is 5.99. The van der Waals surface area contributed by atoms with Crippen molar-refractivity contribution in [3.05, 3.63) is 83.1 Å². The summed E-state index contributed by atoms with van der Waals surface area (Å²) >= 11 is 7.72. The maximum absolute atomic E-state index is 5.99. The highest BCUT2D eigenvalue weighted by Gasteiger charge is 2.11. The first-order chi connectivity index (χ1) is 15.1. The summed E-state index contributed by atoms with van der Waals surface area (Å²) in [7, 11) is 0. The standard InChI is InChI=1S/C23H19ClN6S/c1-14-10-21(28-27-14)22-12-23(30-29-22)26-20-11-16(25-19-5-3-2-4-18(19)20)13-31-17-8-6-15(24)7-9-17/h2-12H,13H2,1H3,(H,27,28)(H2,25,26,29,30). The third-order valence-corrected chi connectivity index (χ3v) is 6.09. The molecule has 5 aromatic rings. The second-order valence-corrected chi connectivity index (χ2v) is 8.63. The normalized spacial score (nSPS) is 11.2. The molecular weight excluding hydrogens is 428 g/mol. The second-order valence-electron chi connectivity index (χ2n) is 7.15. The lowest BCUT2D eigenvalue weighted by molar-refractivity contribution is 1.03. The summed E-state index contributed by atoms with van der Waals surface area (Å²) in [5.74, 6) is 1.47. The van der Waals surface area contributed by atoms with Crippen LogP contribution in [0.3, 0.4) is 0 Å². The number of benzene rings is 2. The molecule has 0 atom stereocenters. The van der Waals surface area contributed by atoms with Gasteiger partial charge in [-0.1, -0.05) is 29.8 Å². The molecule has 0 fully saturated rings. The van der Waals surface area contributed by atoms with E-state index in [2.05, 4.69) is 37.8 Å². The minimum atomic E-state index is 0.725. The summed E-state index contributed by atoms with van der Waals surface area (Å²) in [5, 5.41) is 19.9. The van der Waals surface area contributed by atoms with E-state index in [1.165, 1.54) is 0 Å². The lowest BCUT2D eigenvalue weighted by atomic mass is 10.1. The first-order valence-corrected chi connectivity index (χ1v) is 11.1. The van der Waals surface area contributed by atoms with Crippen molar-refractivity contribution in [2.45, 2.75) is 17.6 Å². The number of para-hydroxylation sites is 1. The second kappa shape index (κ2) is 8.45. The maximum atomic E-state index is 5.99. The number of rotatable bonds is 6. The number of anilines is 2. The summed E-state index contributed by atoms with van der Waals surface area (Å²) in [6, 6.07) is 22.0. The fourth-order valence-corrected chi connectivity index (χ4v) is 4.22. The van der Waals surface area contributed by atoms with Crippen LogP contribution in [0.15, 0.2) is 71.6 Å². The Labute approximate surface area is 188 Å². The molecule has 3 N–H and O–H groups in total. The molecule has 0 amide bonds. The van der Waals surface area contributed by atoms with Gasteiger partial charge >= 0.3 is 0 Å². The Bertz CT molecular complexity index is 1340. The fraction of sp³-hybridized carbons (Fsp3) is 0.0870. The predicted molar refractivity (Wildman–Crippen MR) is 127 cm³/mol. The Morgan fingerprint density at radius 3 is 2.61 bits per heavy atom. The molecule has 31 heavy (non-hydrogen) atoms. The van der Waals surface area contributed by atoms with E-state index >= 15 is 0 Å². The number of hydrogen-bond acceptors (Lipinski definition) is 5. The van der Waals surface area contributed by atoms with E-state index in [0.717, 1.165) is 60.9 Å². The van der Waals surface area contributed by atoms with Gasteiger partial charge in [0.05, 0.1) is 22.6 Å². The zero-order chi connectivity index (χ0) is 21.2. The van der Waals surface area contributed by atoms with Crippen LogP contribution >= 0.6 is 23.4 Å². The van der Waals surface area contributed by atoms with Crippen LogP contribution in [0.1, 0.15) is 11.4 Å². The minimum absolute atomic E-state index is 0.725. The molecule has 0 saturated heterocycles. The number of fused-ring (bicyclic) bond motifs is 1. The van der Waals surface area contributed by atoms with Crippen molar-refractivity contribution in [3.8, 4) is 11.4 Å². The Balaban J connectivity index is 1.42. The smallest absolute Gasteiger partial charge is 0.152 e. The largest absolute Gasteiger partial charge is 0.338 e. The van der Waals surface area contributed by atoms with Gasteiger partial charge in [0.25, 0.3) is 0 Å². The molecule has 8 heteroatoms. The molecule has 2 aromatic carbocycles. The minimum Gasteiger partial charge on any atom is -0.338 e. The number of nitrogens with zero attached hydrogens (tertiary/aromatic N) is 3. The van der Waals surface area contributed by atoms with Gasteiger partial charge in [-0.25, -0.2) is 0 Å². The number of pyridine rings is 1. The number of aryl methyl sites for hydroxylation is 1. The number of aromatic amines is 2. The SMILES string of the molecule is Cc1cc(-c2cc(Nc3cc(CSc4ccc(Cl)cc4)nc4ccccc34)n[nH]2)n[nH]1. The first-order valence-electron chi connectivity index (χ1n) is 9.76. The number of H-pyrrole nitrogens is 2. The zero-order valence-corrected chi connectivity index (χ0v) is 18.3. The van der Waals surface area contributed by atoms with Gasteiger partial charge in [-0.2, -0.15) is 10.2 Å². The fourth-order valence-electron chi connectivity index (χ4n) is 3.31. The van der Waals surface area contributed by atoms with Crippen LogP contribution in [0.4, 0.5) is 11.5 Å².